The minimum Gasteiger partial charge on any atom is -0.482 e. The van der Waals surface area contributed by atoms with Crippen LogP contribution in [0.5, 0.6) is 5.75 Å². The topological polar surface area (TPSA) is 70.3 Å². The third-order valence-corrected chi connectivity index (χ3v) is 1.58. The van der Waals surface area contributed by atoms with E-state index in [2.05, 4.69) is 0 Å². The van der Waals surface area contributed by atoms with E-state index in [1.165, 1.54) is 18.2 Å². The highest BCUT2D eigenvalue weighted by Crippen LogP contribution is 2.20. The first-order chi connectivity index (χ1) is 6.61. The summed E-state index contributed by atoms with van der Waals surface area (Å²) in [5.74, 6) is -0.806. The van der Waals surface area contributed by atoms with E-state index < -0.39 is 12.6 Å². The van der Waals surface area contributed by atoms with Crippen molar-refractivity contribution in [3.8, 4) is 11.8 Å². The van der Waals surface area contributed by atoms with Crippen molar-refractivity contribution < 1.29 is 14.6 Å². The Kier molecular flexibility index (Phi) is 3.32. The molecule has 1 N–H and O–H groups in total. The largest absolute Gasteiger partial charge is 0.482 e. The number of ether oxygens (including phenoxy) is 1. The standard InChI is InChI=1S/C9H6ClNO3/c10-7-1-6(4-11)2-8(3-7)14-5-9(12)13/h1-3H,5H2,(H,12,13). The Balaban J connectivity index is 2.82. The number of carbonyl (C=O) groups is 1. The van der Waals surface area contributed by atoms with E-state index in [9.17, 15) is 4.79 Å². The van der Waals surface area contributed by atoms with Gasteiger partial charge in [-0.1, -0.05) is 11.6 Å². The first-order valence-corrected chi connectivity index (χ1v) is 4.05. The average Bonchev–Trinajstić information content (AvgIpc) is 2.14. The lowest BCUT2D eigenvalue weighted by molar-refractivity contribution is -0.139. The number of halogens is 1. The lowest BCUT2D eigenvalue weighted by Crippen LogP contribution is -2.09. The molecule has 0 aliphatic heterocycles. The summed E-state index contributed by atoms with van der Waals surface area (Å²) in [6, 6.07) is 6.23. The Labute approximate surface area is 85.3 Å². The van der Waals surface area contributed by atoms with Gasteiger partial charge in [-0.25, -0.2) is 4.79 Å². The lowest BCUT2D eigenvalue weighted by Gasteiger charge is -2.03. The van der Waals surface area contributed by atoms with Crippen molar-refractivity contribution in [2.24, 2.45) is 0 Å². The van der Waals surface area contributed by atoms with Crippen LogP contribution in [0.4, 0.5) is 0 Å². The predicted molar refractivity (Wildman–Crippen MR) is 49.3 cm³/mol. The van der Waals surface area contributed by atoms with Gasteiger partial charge in [0.15, 0.2) is 6.61 Å². The first kappa shape index (κ1) is 10.4. The van der Waals surface area contributed by atoms with Gasteiger partial charge in [-0.15, -0.1) is 0 Å². The zero-order valence-corrected chi connectivity index (χ0v) is 7.78. The molecule has 0 atom stereocenters. The first-order valence-electron chi connectivity index (χ1n) is 3.67. The van der Waals surface area contributed by atoms with Crippen LogP contribution >= 0.6 is 11.6 Å². The highest BCUT2D eigenvalue weighted by atomic mass is 35.5. The summed E-state index contributed by atoms with van der Waals surface area (Å²) in [5, 5.41) is 17.3. The summed E-state index contributed by atoms with van der Waals surface area (Å²) in [4.78, 5) is 10.2. The molecule has 0 bridgehead atoms. The molecular formula is C9H6ClNO3. The van der Waals surface area contributed by atoms with E-state index in [4.69, 9.17) is 26.7 Å². The highest BCUT2D eigenvalue weighted by molar-refractivity contribution is 6.30. The van der Waals surface area contributed by atoms with E-state index in [0.717, 1.165) is 0 Å². The Hall–Kier alpha value is -1.73. The molecule has 0 aliphatic rings. The number of aliphatic carboxylic acids is 1. The Morgan fingerprint density at radius 1 is 1.57 bits per heavy atom. The monoisotopic (exact) mass is 211 g/mol. The summed E-state index contributed by atoms with van der Waals surface area (Å²) in [7, 11) is 0. The second-order valence-corrected chi connectivity index (χ2v) is 2.91. The van der Waals surface area contributed by atoms with Crippen LogP contribution < -0.4 is 4.74 Å². The maximum atomic E-state index is 10.2. The summed E-state index contributed by atoms with van der Waals surface area (Å²) in [5.41, 5.74) is 0.331. The van der Waals surface area contributed by atoms with Crippen LogP contribution in [0.25, 0.3) is 0 Å². The number of nitrogens with zero attached hydrogens (tertiary/aromatic N) is 1. The molecule has 0 spiro atoms. The summed E-state index contributed by atoms with van der Waals surface area (Å²) >= 11 is 5.67. The van der Waals surface area contributed by atoms with Crippen LogP contribution in [0.15, 0.2) is 18.2 Å². The molecule has 1 aromatic rings. The Morgan fingerprint density at radius 3 is 2.86 bits per heavy atom. The minimum absolute atomic E-state index is 0.274. The van der Waals surface area contributed by atoms with Gasteiger partial charge in [0.05, 0.1) is 11.6 Å². The molecule has 0 unspecified atom stereocenters. The van der Waals surface area contributed by atoms with Gasteiger partial charge in [0, 0.05) is 5.02 Å². The van der Waals surface area contributed by atoms with Crippen LogP contribution in [0, 0.1) is 11.3 Å². The number of rotatable bonds is 3. The third-order valence-electron chi connectivity index (χ3n) is 1.36. The fraction of sp³-hybridized carbons (Fsp3) is 0.111. The number of nitriles is 1. The van der Waals surface area contributed by atoms with Crippen LogP contribution in [-0.4, -0.2) is 17.7 Å². The molecule has 5 heteroatoms. The molecule has 1 aromatic carbocycles. The second-order valence-electron chi connectivity index (χ2n) is 2.47. The van der Waals surface area contributed by atoms with E-state index in [1.54, 1.807) is 0 Å². The fourth-order valence-electron chi connectivity index (χ4n) is 0.856. The van der Waals surface area contributed by atoms with E-state index in [-0.39, 0.29) is 5.75 Å². The van der Waals surface area contributed by atoms with Crippen molar-refractivity contribution in [2.45, 2.75) is 0 Å². The Bertz CT molecular complexity index is 398. The molecule has 0 saturated heterocycles. The maximum absolute atomic E-state index is 10.2. The van der Waals surface area contributed by atoms with Crippen molar-refractivity contribution in [3.63, 3.8) is 0 Å². The van der Waals surface area contributed by atoms with Gasteiger partial charge in [-0.05, 0) is 18.2 Å². The van der Waals surface area contributed by atoms with E-state index in [0.29, 0.717) is 10.6 Å². The van der Waals surface area contributed by atoms with Gasteiger partial charge in [0.2, 0.25) is 0 Å². The molecule has 0 aromatic heterocycles. The van der Waals surface area contributed by atoms with Gasteiger partial charge >= 0.3 is 5.97 Å². The Morgan fingerprint density at radius 2 is 2.29 bits per heavy atom. The molecular weight excluding hydrogens is 206 g/mol. The lowest BCUT2D eigenvalue weighted by atomic mass is 10.2. The van der Waals surface area contributed by atoms with Crippen molar-refractivity contribution >= 4 is 17.6 Å². The predicted octanol–water partition coefficient (Wildman–Crippen LogP) is 1.68. The normalized spacial score (nSPS) is 9.14. The molecule has 72 valence electrons. The van der Waals surface area contributed by atoms with Crippen molar-refractivity contribution in [1.29, 1.82) is 5.26 Å². The summed E-state index contributed by atoms with van der Waals surface area (Å²) < 4.78 is 4.86. The molecule has 0 amide bonds. The van der Waals surface area contributed by atoms with Crippen LogP contribution in [-0.2, 0) is 4.79 Å². The quantitative estimate of drug-likeness (QED) is 0.826. The molecule has 4 nitrogen and oxygen atoms in total. The molecule has 0 aliphatic carbocycles. The number of carboxylic acid groups (broad SMARTS) is 1. The smallest absolute Gasteiger partial charge is 0.341 e. The van der Waals surface area contributed by atoms with Gasteiger partial charge in [-0.3, -0.25) is 0 Å². The molecule has 14 heavy (non-hydrogen) atoms. The zero-order chi connectivity index (χ0) is 10.6. The third kappa shape index (κ3) is 2.96. The van der Waals surface area contributed by atoms with E-state index >= 15 is 0 Å². The fourth-order valence-corrected chi connectivity index (χ4v) is 1.08. The molecule has 0 radical (unpaired) electrons. The minimum atomic E-state index is -1.08. The van der Waals surface area contributed by atoms with Gasteiger partial charge in [0.25, 0.3) is 0 Å². The maximum Gasteiger partial charge on any atom is 0.341 e. The number of hydrogen-bond donors (Lipinski definition) is 1. The van der Waals surface area contributed by atoms with Gasteiger partial charge in [-0.2, -0.15) is 5.26 Å². The number of carboxylic acids is 1. The van der Waals surface area contributed by atoms with Gasteiger partial charge in [0.1, 0.15) is 5.75 Å². The summed E-state index contributed by atoms with van der Waals surface area (Å²) in [6.07, 6.45) is 0. The van der Waals surface area contributed by atoms with E-state index in [1.807, 2.05) is 6.07 Å². The molecule has 0 fully saturated rings. The van der Waals surface area contributed by atoms with Crippen LogP contribution in [0.2, 0.25) is 5.02 Å². The van der Waals surface area contributed by atoms with Gasteiger partial charge < -0.3 is 9.84 Å². The molecule has 1 rings (SSSR count). The highest BCUT2D eigenvalue weighted by Gasteiger charge is 2.02. The number of benzene rings is 1. The summed E-state index contributed by atoms with van der Waals surface area (Å²) in [6.45, 7) is -0.453. The molecule has 0 saturated carbocycles. The van der Waals surface area contributed by atoms with Crippen LogP contribution in [0.1, 0.15) is 5.56 Å². The SMILES string of the molecule is N#Cc1cc(Cl)cc(OCC(=O)O)c1. The van der Waals surface area contributed by atoms with Crippen molar-refractivity contribution in [2.75, 3.05) is 6.61 Å². The second kappa shape index (κ2) is 4.49. The zero-order valence-electron chi connectivity index (χ0n) is 7.03. The van der Waals surface area contributed by atoms with Crippen molar-refractivity contribution in [3.05, 3.63) is 28.8 Å². The van der Waals surface area contributed by atoms with Crippen molar-refractivity contribution in [1.82, 2.24) is 0 Å². The number of hydrogen-bond acceptors (Lipinski definition) is 3. The molecule has 0 heterocycles. The van der Waals surface area contributed by atoms with Crippen LogP contribution in [0.3, 0.4) is 0 Å². The average molecular weight is 212 g/mol.